The number of nitrogens with zero attached hydrogens (tertiary/aromatic N) is 2. The fourth-order valence-corrected chi connectivity index (χ4v) is 4.49. The number of benzene rings is 2. The van der Waals surface area contributed by atoms with Gasteiger partial charge < -0.3 is 14.1 Å². The number of fused-ring (bicyclic) bond motifs is 1. The summed E-state index contributed by atoms with van der Waals surface area (Å²) in [4.78, 5) is 5.12. The van der Waals surface area contributed by atoms with Crippen LogP contribution in [-0.4, -0.2) is 23.8 Å². The molecule has 1 aromatic heterocycles. The first-order valence-electron chi connectivity index (χ1n) is 11.3. The number of aromatic nitrogens is 1. The fourth-order valence-electron chi connectivity index (χ4n) is 4.49. The third-order valence-electron chi connectivity index (χ3n) is 6.07. The average Bonchev–Trinajstić information content (AvgIpc) is 3.12. The summed E-state index contributed by atoms with van der Waals surface area (Å²) >= 11 is 0. The molecule has 4 rings (SSSR count). The van der Waals surface area contributed by atoms with E-state index in [1.165, 1.54) is 24.8 Å². The number of hydrogen-bond acceptors (Lipinski definition) is 3. The van der Waals surface area contributed by atoms with Gasteiger partial charge in [-0.05, 0) is 65.6 Å². The largest absolute Gasteiger partial charge is 0.573 e. The summed E-state index contributed by atoms with van der Waals surface area (Å²) in [5.74, 6) is 0.0994. The lowest BCUT2D eigenvalue weighted by molar-refractivity contribution is -0.274. The van der Waals surface area contributed by atoms with Crippen molar-refractivity contribution in [1.29, 1.82) is 0 Å². The summed E-state index contributed by atoms with van der Waals surface area (Å²) in [7, 11) is 1.54. The Labute approximate surface area is 198 Å². The Bertz CT molecular complexity index is 1180. The zero-order valence-electron chi connectivity index (χ0n) is 20.0. The fraction of sp³-hybridized carbons (Fsp3) is 0.370. The van der Waals surface area contributed by atoms with Gasteiger partial charge in [-0.1, -0.05) is 57.1 Å². The molecular weight excluding hydrogens is 441 g/mol. The van der Waals surface area contributed by atoms with Crippen molar-refractivity contribution >= 4 is 5.71 Å². The second-order valence-corrected chi connectivity index (χ2v) is 9.83. The van der Waals surface area contributed by atoms with Gasteiger partial charge in [0.05, 0.1) is 11.4 Å². The number of oxime groups is 1. The highest BCUT2D eigenvalue weighted by Gasteiger charge is 2.31. The molecule has 0 fully saturated rings. The maximum atomic E-state index is 12.6. The van der Waals surface area contributed by atoms with Crippen LogP contribution < -0.4 is 4.74 Å². The molecule has 34 heavy (non-hydrogen) atoms. The molecule has 0 N–H and O–H groups in total. The van der Waals surface area contributed by atoms with Gasteiger partial charge in [0.15, 0.2) is 0 Å². The zero-order valence-corrected chi connectivity index (χ0v) is 20.0. The third-order valence-corrected chi connectivity index (χ3v) is 6.07. The molecule has 1 heterocycles. The number of hydrogen-bond donors (Lipinski definition) is 0. The van der Waals surface area contributed by atoms with Crippen LogP contribution in [0.4, 0.5) is 13.2 Å². The average molecular weight is 471 g/mol. The van der Waals surface area contributed by atoms with Gasteiger partial charge in [-0.2, -0.15) is 0 Å². The Morgan fingerprint density at radius 3 is 2.15 bits per heavy atom. The summed E-state index contributed by atoms with van der Waals surface area (Å²) in [6.07, 6.45) is -3.11. The first-order chi connectivity index (χ1) is 16.0. The molecular formula is C27H29F3N2O2. The van der Waals surface area contributed by atoms with Crippen molar-refractivity contribution in [2.24, 2.45) is 11.1 Å². The number of halogens is 3. The van der Waals surface area contributed by atoms with Crippen molar-refractivity contribution < 1.29 is 22.7 Å². The molecule has 1 unspecified atom stereocenters. The summed E-state index contributed by atoms with van der Waals surface area (Å²) in [6, 6.07) is 16.5. The standard InChI is InChI=1S/C27H29F3N2O2/c1-17-14-23(31-33-5)22-16-24(18-6-8-19(9-7-18)26(2,3)4)32(25(22)15-17)20-10-12-21(13-11-20)34-27(28,29)30/h6-13,16-17H,14-15H2,1-5H3/b31-23+. The van der Waals surface area contributed by atoms with Gasteiger partial charge in [-0.15, -0.1) is 13.2 Å². The molecule has 0 saturated carbocycles. The predicted molar refractivity (Wildman–Crippen MR) is 128 cm³/mol. The molecule has 3 aromatic rings. The van der Waals surface area contributed by atoms with E-state index in [2.05, 4.69) is 72.5 Å². The highest BCUT2D eigenvalue weighted by Crippen LogP contribution is 2.37. The molecule has 1 atom stereocenters. The van der Waals surface area contributed by atoms with Crippen LogP contribution in [0.1, 0.15) is 50.9 Å². The molecule has 0 amide bonds. The van der Waals surface area contributed by atoms with Crippen molar-refractivity contribution in [2.75, 3.05) is 7.11 Å². The smallest absolute Gasteiger partial charge is 0.406 e. The molecule has 0 saturated heterocycles. The lowest BCUT2D eigenvalue weighted by Gasteiger charge is -2.23. The first kappa shape index (κ1) is 23.9. The van der Waals surface area contributed by atoms with Crippen LogP contribution >= 0.6 is 0 Å². The lowest BCUT2D eigenvalue weighted by Crippen LogP contribution is -2.20. The maximum absolute atomic E-state index is 12.6. The minimum atomic E-state index is -4.73. The minimum Gasteiger partial charge on any atom is -0.406 e. The topological polar surface area (TPSA) is 35.8 Å². The predicted octanol–water partition coefficient (Wildman–Crippen LogP) is 7.27. The van der Waals surface area contributed by atoms with Gasteiger partial charge in [0, 0.05) is 16.9 Å². The molecule has 0 bridgehead atoms. The van der Waals surface area contributed by atoms with E-state index in [4.69, 9.17) is 4.84 Å². The third kappa shape index (κ3) is 4.98. The Morgan fingerprint density at radius 1 is 0.941 bits per heavy atom. The molecule has 7 heteroatoms. The van der Waals surface area contributed by atoms with Gasteiger partial charge in [0.2, 0.25) is 0 Å². The van der Waals surface area contributed by atoms with Crippen LogP contribution in [-0.2, 0) is 16.7 Å². The van der Waals surface area contributed by atoms with E-state index >= 15 is 0 Å². The SMILES string of the molecule is CO/N=C1\CC(C)Cc2c1cc(-c1ccc(C(C)(C)C)cc1)n2-c1ccc(OC(F)(F)F)cc1. The van der Waals surface area contributed by atoms with Gasteiger partial charge >= 0.3 is 6.36 Å². The molecule has 0 spiro atoms. The Kier molecular flexibility index (Phi) is 6.23. The first-order valence-corrected chi connectivity index (χ1v) is 11.3. The van der Waals surface area contributed by atoms with Crippen molar-refractivity contribution in [3.63, 3.8) is 0 Å². The van der Waals surface area contributed by atoms with E-state index in [-0.39, 0.29) is 11.2 Å². The van der Waals surface area contributed by atoms with E-state index in [0.29, 0.717) is 5.92 Å². The van der Waals surface area contributed by atoms with E-state index < -0.39 is 6.36 Å². The molecule has 180 valence electrons. The summed E-state index contributed by atoms with van der Waals surface area (Å²) < 4.78 is 44.1. The monoisotopic (exact) mass is 470 g/mol. The van der Waals surface area contributed by atoms with Crippen LogP contribution in [0.2, 0.25) is 0 Å². The van der Waals surface area contributed by atoms with E-state index in [0.717, 1.165) is 46.8 Å². The van der Waals surface area contributed by atoms with Crippen molar-refractivity contribution in [1.82, 2.24) is 4.57 Å². The highest BCUT2D eigenvalue weighted by atomic mass is 19.4. The van der Waals surface area contributed by atoms with E-state index in [1.54, 1.807) is 12.1 Å². The Balaban J connectivity index is 1.86. The van der Waals surface area contributed by atoms with E-state index in [1.807, 2.05) is 0 Å². The molecule has 1 aliphatic rings. The van der Waals surface area contributed by atoms with Crippen molar-refractivity contribution in [2.45, 2.75) is 52.3 Å². The number of ether oxygens (including phenoxy) is 1. The minimum absolute atomic E-state index is 0.0296. The number of rotatable bonds is 4. The van der Waals surface area contributed by atoms with Crippen molar-refractivity contribution in [3.8, 4) is 22.7 Å². The van der Waals surface area contributed by atoms with Crippen LogP contribution in [0.5, 0.6) is 5.75 Å². The summed E-state index contributed by atoms with van der Waals surface area (Å²) in [5, 5.41) is 4.28. The molecule has 0 aliphatic heterocycles. The summed E-state index contributed by atoms with van der Waals surface area (Å²) in [5.41, 5.74) is 6.93. The number of alkyl halides is 3. The Morgan fingerprint density at radius 2 is 1.59 bits per heavy atom. The van der Waals surface area contributed by atoms with Crippen LogP contribution in [0.15, 0.2) is 59.8 Å². The van der Waals surface area contributed by atoms with Crippen molar-refractivity contribution in [3.05, 3.63) is 71.4 Å². The zero-order chi connectivity index (χ0) is 24.7. The molecule has 4 nitrogen and oxygen atoms in total. The van der Waals surface area contributed by atoms with Gasteiger partial charge in [0.25, 0.3) is 0 Å². The van der Waals surface area contributed by atoms with Crippen LogP contribution in [0, 0.1) is 5.92 Å². The van der Waals surface area contributed by atoms with E-state index in [9.17, 15) is 13.2 Å². The quantitative estimate of drug-likeness (QED) is 0.376. The highest BCUT2D eigenvalue weighted by molar-refractivity contribution is 6.03. The van der Waals surface area contributed by atoms with Gasteiger partial charge in [-0.25, -0.2) is 0 Å². The van der Waals surface area contributed by atoms with Gasteiger partial charge in [0.1, 0.15) is 12.9 Å². The van der Waals surface area contributed by atoms with Gasteiger partial charge in [-0.3, -0.25) is 0 Å². The molecule has 2 aromatic carbocycles. The second-order valence-electron chi connectivity index (χ2n) is 9.83. The van der Waals surface area contributed by atoms with Crippen LogP contribution in [0.3, 0.4) is 0 Å². The lowest BCUT2D eigenvalue weighted by atomic mass is 9.86. The Hall–Kier alpha value is -3.22. The molecule has 0 radical (unpaired) electrons. The maximum Gasteiger partial charge on any atom is 0.573 e. The molecule has 1 aliphatic carbocycles. The second kappa shape index (κ2) is 8.85. The normalized spacial score (nSPS) is 17.5. The van der Waals surface area contributed by atoms with Crippen LogP contribution in [0.25, 0.3) is 16.9 Å². The summed E-state index contributed by atoms with van der Waals surface area (Å²) in [6.45, 7) is 8.66.